The number of aliphatic hydroxyl groups excluding tert-OH is 1. The maximum Gasteiger partial charge on any atom is 0.274 e. The zero-order valence-electron chi connectivity index (χ0n) is 17.1. The van der Waals surface area contributed by atoms with E-state index in [1.807, 2.05) is 6.07 Å². The fraction of sp³-hybridized carbons (Fsp3) is 0.292. The largest absolute Gasteiger partial charge is 0.393 e. The van der Waals surface area contributed by atoms with E-state index >= 15 is 0 Å². The number of aryl methyl sites for hydroxylation is 1. The van der Waals surface area contributed by atoms with Crippen LogP contribution >= 0.6 is 0 Å². The Bertz CT molecular complexity index is 1110. The van der Waals surface area contributed by atoms with Gasteiger partial charge in [-0.2, -0.15) is 0 Å². The van der Waals surface area contributed by atoms with Gasteiger partial charge in [0.2, 0.25) is 0 Å². The van der Waals surface area contributed by atoms with Crippen molar-refractivity contribution in [1.29, 1.82) is 0 Å². The Morgan fingerprint density at radius 1 is 1.06 bits per heavy atom. The number of pyridine rings is 2. The van der Waals surface area contributed by atoms with Crippen molar-refractivity contribution in [3.8, 4) is 11.3 Å². The molecule has 31 heavy (non-hydrogen) atoms. The molecule has 0 saturated heterocycles. The standard InChI is InChI=1S/C24H23F2N3O2/c1-14-2-7-19(25)18(12-14)23-20(26)8-9-21(28-23)24(31)29-22-13-27-11-10-17(22)15-3-5-16(30)6-4-15/h2,7-13,15-16,30H,3-6H2,1H3,(H,29,31)/t15-,16+. The molecule has 7 heteroatoms. The number of aromatic nitrogens is 2. The average Bonchev–Trinajstić information content (AvgIpc) is 2.77. The van der Waals surface area contributed by atoms with Crippen LogP contribution in [0, 0.1) is 18.6 Å². The molecule has 1 amide bonds. The van der Waals surface area contributed by atoms with Crippen molar-refractivity contribution >= 4 is 11.6 Å². The molecule has 1 aromatic carbocycles. The number of hydrogen-bond acceptors (Lipinski definition) is 4. The Morgan fingerprint density at radius 3 is 2.58 bits per heavy atom. The number of anilines is 1. The van der Waals surface area contributed by atoms with Crippen molar-refractivity contribution in [3.05, 3.63) is 77.2 Å². The van der Waals surface area contributed by atoms with Gasteiger partial charge in [-0.3, -0.25) is 9.78 Å². The molecule has 1 fully saturated rings. The smallest absolute Gasteiger partial charge is 0.274 e. The van der Waals surface area contributed by atoms with Crippen LogP contribution in [0.15, 0.2) is 48.8 Å². The maximum absolute atomic E-state index is 14.4. The summed E-state index contributed by atoms with van der Waals surface area (Å²) in [6, 6.07) is 8.59. The van der Waals surface area contributed by atoms with Crippen LogP contribution in [0.5, 0.6) is 0 Å². The van der Waals surface area contributed by atoms with Gasteiger partial charge in [-0.1, -0.05) is 11.6 Å². The highest BCUT2D eigenvalue weighted by Gasteiger charge is 2.24. The molecule has 0 radical (unpaired) electrons. The molecule has 0 atom stereocenters. The van der Waals surface area contributed by atoms with E-state index < -0.39 is 17.5 Å². The van der Waals surface area contributed by atoms with E-state index in [1.54, 1.807) is 25.4 Å². The molecule has 0 unspecified atom stereocenters. The Balaban J connectivity index is 1.61. The summed E-state index contributed by atoms with van der Waals surface area (Å²) >= 11 is 0. The summed E-state index contributed by atoms with van der Waals surface area (Å²) in [4.78, 5) is 21.1. The first-order valence-electron chi connectivity index (χ1n) is 10.3. The molecule has 2 aromatic heterocycles. The number of carbonyl (C=O) groups is 1. The van der Waals surface area contributed by atoms with E-state index in [9.17, 15) is 18.7 Å². The summed E-state index contributed by atoms with van der Waals surface area (Å²) in [5.41, 5.74) is 2.04. The highest BCUT2D eigenvalue weighted by Crippen LogP contribution is 2.36. The van der Waals surface area contributed by atoms with E-state index in [4.69, 9.17) is 0 Å². The molecule has 3 aromatic rings. The van der Waals surface area contributed by atoms with Crippen molar-refractivity contribution in [2.24, 2.45) is 0 Å². The summed E-state index contributed by atoms with van der Waals surface area (Å²) in [5.74, 6) is -1.63. The third kappa shape index (κ3) is 4.61. The zero-order chi connectivity index (χ0) is 22.0. The molecule has 2 N–H and O–H groups in total. The van der Waals surface area contributed by atoms with Crippen LogP contribution in [0.1, 0.15) is 53.2 Å². The molecular weight excluding hydrogens is 400 g/mol. The first kappa shape index (κ1) is 21.1. The molecule has 1 aliphatic rings. The molecule has 0 aliphatic heterocycles. The molecule has 0 bridgehead atoms. The van der Waals surface area contributed by atoms with E-state index in [0.29, 0.717) is 18.5 Å². The zero-order valence-corrected chi connectivity index (χ0v) is 17.1. The quantitative estimate of drug-likeness (QED) is 0.619. The van der Waals surface area contributed by atoms with Gasteiger partial charge in [-0.05, 0) is 74.4 Å². The molecule has 1 aliphatic carbocycles. The number of carbonyl (C=O) groups excluding carboxylic acids is 1. The molecule has 4 rings (SSSR count). The van der Waals surface area contributed by atoms with E-state index in [0.717, 1.165) is 30.0 Å². The summed E-state index contributed by atoms with van der Waals surface area (Å²) in [6.07, 6.45) is 6.03. The number of rotatable bonds is 4. The third-order valence-corrected chi connectivity index (χ3v) is 5.70. The molecular formula is C24H23F2N3O2. The highest BCUT2D eigenvalue weighted by atomic mass is 19.1. The van der Waals surface area contributed by atoms with E-state index in [2.05, 4.69) is 15.3 Å². The lowest BCUT2D eigenvalue weighted by Gasteiger charge is -2.27. The summed E-state index contributed by atoms with van der Waals surface area (Å²) in [5, 5.41) is 12.6. The number of halogens is 2. The third-order valence-electron chi connectivity index (χ3n) is 5.70. The number of benzene rings is 1. The minimum Gasteiger partial charge on any atom is -0.393 e. The highest BCUT2D eigenvalue weighted by molar-refractivity contribution is 6.03. The topological polar surface area (TPSA) is 75.1 Å². The van der Waals surface area contributed by atoms with Gasteiger partial charge in [0, 0.05) is 11.8 Å². The van der Waals surface area contributed by atoms with Gasteiger partial charge in [-0.25, -0.2) is 13.8 Å². The lowest BCUT2D eigenvalue weighted by Crippen LogP contribution is -2.20. The van der Waals surface area contributed by atoms with Crippen LogP contribution < -0.4 is 5.32 Å². The molecule has 2 heterocycles. The number of aliphatic hydroxyl groups is 1. The summed E-state index contributed by atoms with van der Waals surface area (Å²) < 4.78 is 28.7. The average molecular weight is 423 g/mol. The number of hydrogen-bond donors (Lipinski definition) is 2. The van der Waals surface area contributed by atoms with Crippen molar-refractivity contribution < 1.29 is 18.7 Å². The Morgan fingerprint density at radius 2 is 1.81 bits per heavy atom. The Labute approximate surface area is 179 Å². The lowest BCUT2D eigenvalue weighted by atomic mass is 9.82. The van der Waals surface area contributed by atoms with Crippen molar-refractivity contribution in [3.63, 3.8) is 0 Å². The van der Waals surface area contributed by atoms with Gasteiger partial charge >= 0.3 is 0 Å². The van der Waals surface area contributed by atoms with Crippen LogP contribution in [-0.4, -0.2) is 27.1 Å². The monoisotopic (exact) mass is 423 g/mol. The van der Waals surface area contributed by atoms with Crippen LogP contribution in [0.4, 0.5) is 14.5 Å². The first-order chi connectivity index (χ1) is 14.9. The first-order valence-corrected chi connectivity index (χ1v) is 10.3. The van der Waals surface area contributed by atoms with Crippen LogP contribution in [0.2, 0.25) is 0 Å². The van der Waals surface area contributed by atoms with Crippen LogP contribution in [0.3, 0.4) is 0 Å². The minimum absolute atomic E-state index is 0.00924. The predicted octanol–water partition coefficient (Wildman–Crippen LogP) is 5.00. The van der Waals surface area contributed by atoms with Crippen LogP contribution in [-0.2, 0) is 0 Å². The predicted molar refractivity (Wildman–Crippen MR) is 114 cm³/mol. The normalized spacial score (nSPS) is 18.6. The van der Waals surface area contributed by atoms with Gasteiger partial charge in [0.1, 0.15) is 23.0 Å². The fourth-order valence-electron chi connectivity index (χ4n) is 4.02. The Hall–Kier alpha value is -3.19. The fourth-order valence-corrected chi connectivity index (χ4v) is 4.02. The van der Waals surface area contributed by atoms with Gasteiger partial charge in [0.25, 0.3) is 5.91 Å². The summed E-state index contributed by atoms with van der Waals surface area (Å²) in [7, 11) is 0. The maximum atomic E-state index is 14.4. The number of nitrogens with zero attached hydrogens (tertiary/aromatic N) is 2. The van der Waals surface area contributed by atoms with Crippen molar-refractivity contribution in [2.75, 3.05) is 5.32 Å². The van der Waals surface area contributed by atoms with Gasteiger partial charge < -0.3 is 10.4 Å². The Kier molecular flexibility index (Phi) is 6.04. The van der Waals surface area contributed by atoms with E-state index in [-0.39, 0.29) is 29.0 Å². The number of amides is 1. The molecule has 5 nitrogen and oxygen atoms in total. The number of nitrogens with one attached hydrogen (secondary N) is 1. The lowest BCUT2D eigenvalue weighted by molar-refractivity contribution is 0.102. The van der Waals surface area contributed by atoms with Crippen LogP contribution in [0.25, 0.3) is 11.3 Å². The molecule has 0 spiro atoms. The van der Waals surface area contributed by atoms with Gasteiger partial charge in [0.05, 0.1) is 18.0 Å². The van der Waals surface area contributed by atoms with Crippen molar-refractivity contribution in [1.82, 2.24) is 9.97 Å². The minimum atomic E-state index is -0.705. The second-order valence-corrected chi connectivity index (χ2v) is 7.93. The second kappa shape index (κ2) is 8.89. The van der Waals surface area contributed by atoms with Gasteiger partial charge in [0.15, 0.2) is 0 Å². The molecule has 1 saturated carbocycles. The van der Waals surface area contributed by atoms with Gasteiger partial charge in [-0.15, -0.1) is 0 Å². The van der Waals surface area contributed by atoms with Crippen molar-refractivity contribution in [2.45, 2.75) is 44.6 Å². The van der Waals surface area contributed by atoms with E-state index in [1.165, 1.54) is 18.2 Å². The summed E-state index contributed by atoms with van der Waals surface area (Å²) in [6.45, 7) is 1.77. The molecule has 160 valence electrons. The SMILES string of the molecule is Cc1ccc(F)c(-c2nc(C(=O)Nc3cnccc3[C@H]3CC[C@@H](O)CC3)ccc2F)c1. The second-order valence-electron chi connectivity index (χ2n) is 7.93.